The molecule has 124 valence electrons. The Morgan fingerprint density at radius 1 is 1.20 bits per heavy atom. The predicted octanol–water partition coefficient (Wildman–Crippen LogP) is 2.75. The Kier molecular flexibility index (Phi) is 3.61. The van der Waals surface area contributed by atoms with Crippen molar-refractivity contribution in [2.75, 3.05) is 0 Å². The van der Waals surface area contributed by atoms with E-state index in [1.165, 1.54) is 6.26 Å². The van der Waals surface area contributed by atoms with E-state index in [1.54, 1.807) is 31.8 Å². The van der Waals surface area contributed by atoms with Gasteiger partial charge in [-0.3, -0.25) is 14.8 Å². The third-order valence-corrected chi connectivity index (χ3v) is 3.98. The SMILES string of the molecule is Cc1nc(C(=O)Cc2cc3cc(-c4cncn4C)cnc3cn2)co1. The van der Waals surface area contributed by atoms with Gasteiger partial charge >= 0.3 is 0 Å². The number of fused-ring (bicyclic) bond motifs is 1. The first-order chi connectivity index (χ1) is 12.1. The lowest BCUT2D eigenvalue weighted by Crippen LogP contribution is -2.05. The summed E-state index contributed by atoms with van der Waals surface area (Å²) in [6.45, 7) is 1.71. The highest BCUT2D eigenvalue weighted by Crippen LogP contribution is 2.22. The van der Waals surface area contributed by atoms with Crippen LogP contribution in [0.5, 0.6) is 0 Å². The number of hydrogen-bond donors (Lipinski definition) is 0. The molecule has 0 aliphatic carbocycles. The molecule has 0 aliphatic rings. The molecule has 0 amide bonds. The standard InChI is InChI=1S/C18H15N5O2/c1-11-22-16(9-25-11)18(24)5-14-4-12-3-13(6-21-15(12)7-20-14)17-8-19-10-23(17)2/h3-4,6-10H,5H2,1-2H3. The summed E-state index contributed by atoms with van der Waals surface area (Å²) in [5.74, 6) is 0.347. The van der Waals surface area contributed by atoms with Crippen LogP contribution in [0.1, 0.15) is 22.1 Å². The molecule has 0 unspecified atom stereocenters. The molecule has 0 saturated carbocycles. The van der Waals surface area contributed by atoms with E-state index < -0.39 is 0 Å². The zero-order valence-corrected chi connectivity index (χ0v) is 13.8. The monoisotopic (exact) mass is 333 g/mol. The fraction of sp³-hybridized carbons (Fsp3) is 0.167. The fourth-order valence-electron chi connectivity index (χ4n) is 2.70. The Morgan fingerprint density at radius 2 is 2.08 bits per heavy atom. The van der Waals surface area contributed by atoms with Crippen LogP contribution in [-0.4, -0.2) is 30.3 Å². The average Bonchev–Trinajstić information content (AvgIpc) is 3.22. The molecule has 0 bridgehead atoms. The van der Waals surface area contributed by atoms with Crippen molar-refractivity contribution < 1.29 is 9.21 Å². The van der Waals surface area contributed by atoms with Crippen molar-refractivity contribution in [3.05, 3.63) is 60.6 Å². The molecular weight excluding hydrogens is 318 g/mol. The van der Waals surface area contributed by atoms with Gasteiger partial charge in [0.1, 0.15) is 12.0 Å². The van der Waals surface area contributed by atoms with E-state index in [9.17, 15) is 4.79 Å². The molecular formula is C18H15N5O2. The summed E-state index contributed by atoms with van der Waals surface area (Å²) in [5, 5.41) is 0.924. The molecule has 0 aromatic carbocycles. The van der Waals surface area contributed by atoms with E-state index in [0.717, 1.165) is 22.2 Å². The van der Waals surface area contributed by atoms with Crippen molar-refractivity contribution in [1.82, 2.24) is 24.5 Å². The van der Waals surface area contributed by atoms with E-state index in [0.29, 0.717) is 17.3 Å². The van der Waals surface area contributed by atoms with Gasteiger partial charge in [0.25, 0.3) is 0 Å². The van der Waals surface area contributed by atoms with Gasteiger partial charge in [-0.15, -0.1) is 0 Å². The number of Topliss-reactive ketones (excluding diaryl/α,β-unsaturated/α-hetero) is 1. The molecule has 0 spiro atoms. The lowest BCUT2D eigenvalue weighted by molar-refractivity contribution is 0.0987. The van der Waals surface area contributed by atoms with E-state index in [2.05, 4.69) is 19.9 Å². The van der Waals surface area contributed by atoms with Crippen LogP contribution >= 0.6 is 0 Å². The van der Waals surface area contributed by atoms with Gasteiger partial charge < -0.3 is 8.98 Å². The summed E-state index contributed by atoms with van der Waals surface area (Å²) in [4.78, 5) is 29.2. The molecule has 0 aliphatic heterocycles. The van der Waals surface area contributed by atoms with Crippen molar-refractivity contribution in [1.29, 1.82) is 0 Å². The van der Waals surface area contributed by atoms with Crippen LogP contribution in [0.3, 0.4) is 0 Å². The van der Waals surface area contributed by atoms with Gasteiger partial charge in [-0.2, -0.15) is 0 Å². The first kappa shape index (κ1) is 15.2. The third-order valence-electron chi connectivity index (χ3n) is 3.98. The van der Waals surface area contributed by atoms with Crippen LogP contribution < -0.4 is 0 Å². The molecule has 7 heteroatoms. The number of hydrogen-bond acceptors (Lipinski definition) is 6. The van der Waals surface area contributed by atoms with Crippen molar-refractivity contribution in [2.24, 2.45) is 7.05 Å². The van der Waals surface area contributed by atoms with Gasteiger partial charge in [0.15, 0.2) is 11.7 Å². The average molecular weight is 333 g/mol. The largest absolute Gasteiger partial charge is 0.449 e. The number of pyridine rings is 2. The van der Waals surface area contributed by atoms with Gasteiger partial charge in [-0.05, 0) is 12.1 Å². The summed E-state index contributed by atoms with van der Waals surface area (Å²) in [6.07, 6.45) is 8.55. The first-order valence-electron chi connectivity index (χ1n) is 7.77. The van der Waals surface area contributed by atoms with E-state index >= 15 is 0 Å². The van der Waals surface area contributed by atoms with E-state index in [4.69, 9.17) is 4.42 Å². The molecule has 0 N–H and O–H groups in total. The zero-order valence-electron chi connectivity index (χ0n) is 13.8. The minimum atomic E-state index is -0.126. The minimum absolute atomic E-state index is 0.126. The van der Waals surface area contributed by atoms with Crippen LogP contribution in [0.2, 0.25) is 0 Å². The zero-order chi connectivity index (χ0) is 17.4. The van der Waals surface area contributed by atoms with Gasteiger partial charge in [-0.1, -0.05) is 0 Å². The van der Waals surface area contributed by atoms with Crippen LogP contribution in [0.15, 0.2) is 47.7 Å². The topological polar surface area (TPSA) is 86.7 Å². The molecule has 4 heterocycles. The maximum atomic E-state index is 12.3. The third kappa shape index (κ3) is 2.91. The molecule has 7 nitrogen and oxygen atoms in total. The van der Waals surface area contributed by atoms with Crippen LogP contribution in [0.4, 0.5) is 0 Å². The lowest BCUT2D eigenvalue weighted by Gasteiger charge is -2.05. The van der Waals surface area contributed by atoms with Gasteiger partial charge in [-0.25, -0.2) is 9.97 Å². The minimum Gasteiger partial charge on any atom is -0.449 e. The molecule has 4 rings (SSSR count). The molecule has 4 aromatic heterocycles. The number of carbonyl (C=O) groups is 1. The summed E-state index contributed by atoms with van der Waals surface area (Å²) in [6, 6.07) is 3.91. The van der Waals surface area contributed by atoms with E-state index in [1.807, 2.05) is 23.7 Å². The Bertz CT molecular complexity index is 1080. The summed E-state index contributed by atoms with van der Waals surface area (Å²) in [5.41, 5.74) is 3.70. The number of rotatable bonds is 4. The summed E-state index contributed by atoms with van der Waals surface area (Å²) in [7, 11) is 1.93. The number of aryl methyl sites for hydroxylation is 2. The van der Waals surface area contributed by atoms with Crippen LogP contribution in [-0.2, 0) is 13.5 Å². The summed E-state index contributed by atoms with van der Waals surface area (Å²) >= 11 is 0. The van der Waals surface area contributed by atoms with Crippen molar-refractivity contribution >= 4 is 16.7 Å². The fourth-order valence-corrected chi connectivity index (χ4v) is 2.70. The highest BCUT2D eigenvalue weighted by atomic mass is 16.3. The van der Waals surface area contributed by atoms with E-state index in [-0.39, 0.29) is 12.2 Å². The molecule has 0 atom stereocenters. The smallest absolute Gasteiger partial charge is 0.191 e. The number of oxazole rings is 1. The lowest BCUT2D eigenvalue weighted by atomic mass is 10.1. The highest BCUT2D eigenvalue weighted by molar-refractivity contribution is 5.95. The predicted molar refractivity (Wildman–Crippen MR) is 91.0 cm³/mol. The summed E-state index contributed by atoms with van der Waals surface area (Å²) < 4.78 is 7.02. The first-order valence-corrected chi connectivity index (χ1v) is 7.77. The van der Waals surface area contributed by atoms with Gasteiger partial charge in [0.05, 0.1) is 36.4 Å². The highest BCUT2D eigenvalue weighted by Gasteiger charge is 2.13. The molecule has 0 fully saturated rings. The van der Waals surface area contributed by atoms with Gasteiger partial charge in [0, 0.05) is 36.8 Å². The number of nitrogens with zero attached hydrogens (tertiary/aromatic N) is 5. The molecule has 4 aromatic rings. The number of imidazole rings is 1. The van der Waals surface area contributed by atoms with Crippen LogP contribution in [0.25, 0.3) is 22.2 Å². The Morgan fingerprint density at radius 3 is 2.80 bits per heavy atom. The second kappa shape index (κ2) is 5.94. The molecule has 0 saturated heterocycles. The molecule has 0 radical (unpaired) electrons. The number of aromatic nitrogens is 5. The normalized spacial score (nSPS) is 11.1. The number of carbonyl (C=O) groups excluding carboxylic acids is 1. The second-order valence-electron chi connectivity index (χ2n) is 5.83. The Balaban J connectivity index is 1.67. The Hall–Kier alpha value is -3.35. The maximum Gasteiger partial charge on any atom is 0.191 e. The molecule has 25 heavy (non-hydrogen) atoms. The maximum absolute atomic E-state index is 12.3. The Labute approximate surface area is 143 Å². The number of ketones is 1. The van der Waals surface area contributed by atoms with Gasteiger partial charge in [0.2, 0.25) is 0 Å². The second-order valence-corrected chi connectivity index (χ2v) is 5.83. The van der Waals surface area contributed by atoms with Crippen molar-refractivity contribution in [2.45, 2.75) is 13.3 Å². The van der Waals surface area contributed by atoms with Crippen molar-refractivity contribution in [3.8, 4) is 11.3 Å². The quantitative estimate of drug-likeness (QED) is 0.534. The van der Waals surface area contributed by atoms with Crippen LogP contribution in [0, 0.1) is 6.92 Å². The van der Waals surface area contributed by atoms with Crippen molar-refractivity contribution in [3.63, 3.8) is 0 Å².